The van der Waals surface area contributed by atoms with Crippen LogP contribution in [-0.2, 0) is 0 Å². The Hall–Kier alpha value is -0.260. The Kier molecular flexibility index (Phi) is 17.6. The summed E-state index contributed by atoms with van der Waals surface area (Å²) in [5.41, 5.74) is 0. The lowest BCUT2D eigenvalue weighted by Gasteiger charge is -2.09. The maximum absolute atomic E-state index is 2.44. The summed E-state index contributed by atoms with van der Waals surface area (Å²) in [5.74, 6) is 0.939. The molecule has 0 saturated carbocycles. The van der Waals surface area contributed by atoms with E-state index in [0.717, 1.165) is 5.92 Å². The highest BCUT2D eigenvalue weighted by Crippen LogP contribution is 2.16. The number of unbranched alkanes of at least 4 members (excludes halogenated alkanes) is 10. The molecule has 0 aromatic carbocycles. The van der Waals surface area contributed by atoms with Crippen LogP contribution in [0.3, 0.4) is 0 Å². The molecule has 0 heteroatoms. The van der Waals surface area contributed by atoms with E-state index in [0.29, 0.717) is 0 Å². The van der Waals surface area contributed by atoms with E-state index in [9.17, 15) is 0 Å². The molecule has 0 radical (unpaired) electrons. The molecular weight excluding hydrogens is 252 g/mol. The van der Waals surface area contributed by atoms with Gasteiger partial charge in [0.25, 0.3) is 0 Å². The van der Waals surface area contributed by atoms with Crippen LogP contribution in [0.2, 0.25) is 0 Å². The van der Waals surface area contributed by atoms with Gasteiger partial charge in [-0.2, -0.15) is 0 Å². The van der Waals surface area contributed by atoms with Gasteiger partial charge < -0.3 is 0 Å². The van der Waals surface area contributed by atoms with Crippen molar-refractivity contribution in [3.8, 4) is 0 Å². The summed E-state index contributed by atoms with van der Waals surface area (Å²) in [6.45, 7) is 7.02. The molecule has 0 aliphatic carbocycles. The first-order valence-electron chi connectivity index (χ1n) is 9.96. The molecule has 0 amide bonds. The first kappa shape index (κ1) is 20.7. The first-order valence-corrected chi connectivity index (χ1v) is 9.96. The Morgan fingerprint density at radius 2 is 1.05 bits per heavy atom. The van der Waals surface area contributed by atoms with Crippen molar-refractivity contribution in [3.63, 3.8) is 0 Å². The molecule has 1 unspecified atom stereocenters. The molecule has 21 heavy (non-hydrogen) atoms. The SMILES string of the molecule is CCCCCCCCC=CCCCC(C)CCCCCC. The molecule has 1 atom stereocenters. The lowest BCUT2D eigenvalue weighted by atomic mass is 9.97. The lowest BCUT2D eigenvalue weighted by molar-refractivity contribution is 0.448. The Balaban J connectivity index is 3.20. The summed E-state index contributed by atoms with van der Waals surface area (Å²) in [5, 5.41) is 0. The van der Waals surface area contributed by atoms with Gasteiger partial charge in [-0.25, -0.2) is 0 Å². The molecule has 0 rings (SSSR count). The molecule has 0 saturated heterocycles. The zero-order valence-electron chi connectivity index (χ0n) is 15.3. The van der Waals surface area contributed by atoms with Gasteiger partial charge in [0.15, 0.2) is 0 Å². The summed E-state index contributed by atoms with van der Waals surface area (Å²) < 4.78 is 0. The largest absolute Gasteiger partial charge is 0.0885 e. The van der Waals surface area contributed by atoms with E-state index in [1.807, 2.05) is 0 Å². The average molecular weight is 295 g/mol. The molecule has 0 spiro atoms. The molecule has 126 valence electrons. The quantitative estimate of drug-likeness (QED) is 0.199. The zero-order chi connectivity index (χ0) is 15.6. The normalized spacial score (nSPS) is 13.1. The van der Waals surface area contributed by atoms with Gasteiger partial charge in [-0.15, -0.1) is 0 Å². The van der Waals surface area contributed by atoms with E-state index in [4.69, 9.17) is 0 Å². The van der Waals surface area contributed by atoms with Gasteiger partial charge in [0, 0.05) is 0 Å². The van der Waals surface area contributed by atoms with E-state index in [-0.39, 0.29) is 0 Å². The zero-order valence-corrected chi connectivity index (χ0v) is 15.3. The van der Waals surface area contributed by atoms with Gasteiger partial charge in [-0.3, -0.25) is 0 Å². The molecule has 0 bridgehead atoms. The third-order valence-corrected chi connectivity index (χ3v) is 4.51. The van der Waals surface area contributed by atoms with Gasteiger partial charge >= 0.3 is 0 Å². The fourth-order valence-corrected chi connectivity index (χ4v) is 2.93. The number of rotatable bonds is 16. The van der Waals surface area contributed by atoms with Crippen molar-refractivity contribution in [1.82, 2.24) is 0 Å². The van der Waals surface area contributed by atoms with Crippen LogP contribution in [0.5, 0.6) is 0 Å². The topological polar surface area (TPSA) is 0 Å². The van der Waals surface area contributed by atoms with E-state index in [2.05, 4.69) is 32.9 Å². The average Bonchev–Trinajstić information content (AvgIpc) is 2.49. The highest BCUT2D eigenvalue weighted by molar-refractivity contribution is 4.81. The molecule has 0 aromatic heterocycles. The van der Waals surface area contributed by atoms with E-state index < -0.39 is 0 Å². The Morgan fingerprint density at radius 3 is 1.71 bits per heavy atom. The van der Waals surface area contributed by atoms with Gasteiger partial charge in [-0.05, 0) is 31.6 Å². The first-order chi connectivity index (χ1) is 10.3. The van der Waals surface area contributed by atoms with Crippen molar-refractivity contribution in [2.45, 2.75) is 117 Å². The minimum Gasteiger partial charge on any atom is -0.0885 e. The van der Waals surface area contributed by atoms with Crippen molar-refractivity contribution >= 4 is 0 Å². The van der Waals surface area contributed by atoms with Crippen LogP contribution in [0.1, 0.15) is 117 Å². The maximum atomic E-state index is 2.44. The minimum atomic E-state index is 0.939. The molecule has 0 N–H and O–H groups in total. The highest BCUT2D eigenvalue weighted by atomic mass is 14.1. The predicted octanol–water partition coefficient (Wildman–Crippen LogP) is 8.07. The van der Waals surface area contributed by atoms with Gasteiger partial charge in [-0.1, -0.05) is 104 Å². The molecular formula is C21H42. The predicted molar refractivity (Wildman–Crippen MR) is 98.9 cm³/mol. The standard InChI is InChI=1S/C21H42/c1-4-6-8-10-11-12-13-14-15-16-18-20-21(3)19-17-9-7-5-2/h14-15,21H,4-13,16-20H2,1-3H3. The van der Waals surface area contributed by atoms with Crippen molar-refractivity contribution in [1.29, 1.82) is 0 Å². The molecule has 0 fully saturated rings. The van der Waals surface area contributed by atoms with Crippen LogP contribution in [0.15, 0.2) is 12.2 Å². The van der Waals surface area contributed by atoms with Crippen molar-refractivity contribution in [3.05, 3.63) is 12.2 Å². The number of hydrogen-bond donors (Lipinski definition) is 0. The van der Waals surface area contributed by atoms with Crippen molar-refractivity contribution < 1.29 is 0 Å². The number of allylic oxidation sites excluding steroid dienone is 2. The molecule has 0 aromatic rings. The van der Waals surface area contributed by atoms with Gasteiger partial charge in [0.2, 0.25) is 0 Å². The van der Waals surface area contributed by atoms with Crippen LogP contribution in [-0.4, -0.2) is 0 Å². The van der Waals surface area contributed by atoms with Gasteiger partial charge in [0.05, 0.1) is 0 Å². The van der Waals surface area contributed by atoms with Crippen LogP contribution in [0.25, 0.3) is 0 Å². The van der Waals surface area contributed by atoms with Crippen LogP contribution in [0.4, 0.5) is 0 Å². The Bertz CT molecular complexity index is 204. The summed E-state index contributed by atoms with van der Waals surface area (Å²) in [7, 11) is 0. The lowest BCUT2D eigenvalue weighted by Crippen LogP contribution is -1.94. The maximum Gasteiger partial charge on any atom is -0.0351 e. The molecule has 0 aliphatic heterocycles. The summed E-state index contributed by atoms with van der Waals surface area (Å²) in [6, 6.07) is 0. The van der Waals surface area contributed by atoms with E-state index >= 15 is 0 Å². The molecule has 0 heterocycles. The van der Waals surface area contributed by atoms with Crippen molar-refractivity contribution in [2.24, 2.45) is 5.92 Å². The summed E-state index contributed by atoms with van der Waals surface area (Å²) >= 11 is 0. The highest BCUT2D eigenvalue weighted by Gasteiger charge is 2.00. The third kappa shape index (κ3) is 17.7. The Morgan fingerprint density at radius 1 is 0.571 bits per heavy atom. The van der Waals surface area contributed by atoms with E-state index in [1.165, 1.54) is 96.3 Å². The number of hydrogen-bond acceptors (Lipinski definition) is 0. The summed E-state index contributed by atoms with van der Waals surface area (Å²) in [6.07, 6.45) is 25.9. The second kappa shape index (κ2) is 17.8. The van der Waals surface area contributed by atoms with Crippen LogP contribution < -0.4 is 0 Å². The van der Waals surface area contributed by atoms with Crippen molar-refractivity contribution in [2.75, 3.05) is 0 Å². The smallest absolute Gasteiger partial charge is 0.0351 e. The summed E-state index contributed by atoms with van der Waals surface area (Å²) in [4.78, 5) is 0. The van der Waals surface area contributed by atoms with Crippen LogP contribution >= 0.6 is 0 Å². The second-order valence-corrected chi connectivity index (χ2v) is 6.91. The second-order valence-electron chi connectivity index (χ2n) is 6.91. The Labute approximate surface area is 135 Å². The fourth-order valence-electron chi connectivity index (χ4n) is 2.93. The molecule has 0 aliphatic rings. The monoisotopic (exact) mass is 294 g/mol. The fraction of sp³-hybridized carbons (Fsp3) is 0.905. The van der Waals surface area contributed by atoms with Gasteiger partial charge in [0.1, 0.15) is 0 Å². The minimum absolute atomic E-state index is 0.939. The third-order valence-electron chi connectivity index (χ3n) is 4.51. The van der Waals surface area contributed by atoms with Crippen LogP contribution in [0, 0.1) is 5.92 Å². The molecule has 0 nitrogen and oxygen atoms in total. The van der Waals surface area contributed by atoms with E-state index in [1.54, 1.807) is 0 Å².